The molecule has 2 aromatic rings. The first-order valence-corrected chi connectivity index (χ1v) is 7.76. The summed E-state index contributed by atoms with van der Waals surface area (Å²) in [6.45, 7) is 5.16. The lowest BCUT2D eigenvalue weighted by Crippen LogP contribution is -2.35. The summed E-state index contributed by atoms with van der Waals surface area (Å²) >= 11 is 5.96. The average Bonchev–Trinajstić information content (AvgIpc) is 2.51. The van der Waals surface area contributed by atoms with Gasteiger partial charge in [0, 0.05) is 28.6 Å². The number of ether oxygens (including phenoxy) is 1. The number of hydrogen-bond donors (Lipinski definition) is 1. The Morgan fingerprint density at radius 3 is 2.62 bits per heavy atom. The van der Waals surface area contributed by atoms with Gasteiger partial charge in [0.2, 0.25) is 0 Å². The van der Waals surface area contributed by atoms with Crippen molar-refractivity contribution in [1.82, 2.24) is 5.32 Å². The van der Waals surface area contributed by atoms with Crippen molar-refractivity contribution in [2.75, 3.05) is 6.61 Å². The lowest BCUT2D eigenvalue weighted by Gasteiger charge is -2.34. The van der Waals surface area contributed by atoms with Crippen molar-refractivity contribution >= 4 is 11.6 Å². The molecule has 1 aliphatic rings. The van der Waals surface area contributed by atoms with Crippen molar-refractivity contribution in [3.05, 3.63) is 64.7 Å². The van der Waals surface area contributed by atoms with E-state index in [0.29, 0.717) is 12.0 Å². The van der Waals surface area contributed by atoms with Crippen LogP contribution in [-0.2, 0) is 0 Å². The smallest absolute Gasteiger partial charge is 0.124 e. The Balaban J connectivity index is 1.82. The monoisotopic (exact) mass is 301 g/mol. The molecule has 3 rings (SSSR count). The fourth-order valence-corrected chi connectivity index (χ4v) is 2.99. The maximum absolute atomic E-state index is 5.96. The van der Waals surface area contributed by atoms with Gasteiger partial charge >= 0.3 is 0 Å². The molecule has 0 spiro atoms. The summed E-state index contributed by atoms with van der Waals surface area (Å²) in [4.78, 5) is 0. The van der Waals surface area contributed by atoms with Gasteiger partial charge in [-0.3, -0.25) is 0 Å². The second-order valence-electron chi connectivity index (χ2n) is 5.74. The SMILES string of the molecule is CC(NC1c2ccccc2OCC1C)c1ccc(Cl)cc1. The van der Waals surface area contributed by atoms with E-state index in [1.54, 1.807) is 0 Å². The Morgan fingerprint density at radius 1 is 1.14 bits per heavy atom. The normalized spacial score (nSPS) is 22.2. The Labute approximate surface area is 131 Å². The van der Waals surface area contributed by atoms with Crippen LogP contribution in [0.5, 0.6) is 5.75 Å². The Morgan fingerprint density at radius 2 is 1.86 bits per heavy atom. The molecule has 3 unspecified atom stereocenters. The highest BCUT2D eigenvalue weighted by molar-refractivity contribution is 6.30. The van der Waals surface area contributed by atoms with Gasteiger partial charge in [-0.25, -0.2) is 0 Å². The van der Waals surface area contributed by atoms with Gasteiger partial charge < -0.3 is 10.1 Å². The summed E-state index contributed by atoms with van der Waals surface area (Å²) in [7, 11) is 0. The molecule has 2 nitrogen and oxygen atoms in total. The summed E-state index contributed by atoms with van der Waals surface area (Å²) in [5.74, 6) is 1.44. The largest absolute Gasteiger partial charge is 0.493 e. The molecule has 0 amide bonds. The van der Waals surface area contributed by atoms with Gasteiger partial charge in [0.1, 0.15) is 5.75 Å². The maximum atomic E-state index is 5.96. The number of hydrogen-bond acceptors (Lipinski definition) is 2. The molecule has 3 heteroatoms. The van der Waals surface area contributed by atoms with Crippen molar-refractivity contribution in [3.63, 3.8) is 0 Å². The fourth-order valence-electron chi connectivity index (χ4n) is 2.86. The molecule has 0 saturated carbocycles. The third-order valence-electron chi connectivity index (χ3n) is 4.12. The molecule has 1 aliphatic heterocycles. The van der Waals surface area contributed by atoms with Crippen molar-refractivity contribution in [2.24, 2.45) is 5.92 Å². The van der Waals surface area contributed by atoms with Gasteiger partial charge in [-0.1, -0.05) is 48.9 Å². The first kappa shape index (κ1) is 14.4. The second kappa shape index (κ2) is 6.08. The first-order chi connectivity index (χ1) is 10.1. The van der Waals surface area contributed by atoms with Crippen LogP contribution in [0.2, 0.25) is 5.02 Å². The van der Waals surface area contributed by atoms with Crippen LogP contribution in [0, 0.1) is 5.92 Å². The summed E-state index contributed by atoms with van der Waals surface area (Å²) in [5, 5.41) is 4.51. The molecule has 0 bridgehead atoms. The predicted octanol–water partition coefficient (Wildman–Crippen LogP) is 4.76. The maximum Gasteiger partial charge on any atom is 0.124 e. The van der Waals surface area contributed by atoms with Crippen LogP contribution < -0.4 is 10.1 Å². The van der Waals surface area contributed by atoms with Gasteiger partial charge in [-0.2, -0.15) is 0 Å². The minimum Gasteiger partial charge on any atom is -0.493 e. The van der Waals surface area contributed by atoms with Crippen molar-refractivity contribution in [1.29, 1.82) is 0 Å². The molecule has 0 fully saturated rings. The third-order valence-corrected chi connectivity index (χ3v) is 4.38. The van der Waals surface area contributed by atoms with E-state index in [1.807, 2.05) is 24.3 Å². The van der Waals surface area contributed by atoms with Crippen LogP contribution in [-0.4, -0.2) is 6.61 Å². The Hall–Kier alpha value is -1.51. The number of nitrogens with one attached hydrogen (secondary N) is 1. The lowest BCUT2D eigenvalue weighted by atomic mass is 9.91. The van der Waals surface area contributed by atoms with Gasteiger partial charge in [0.05, 0.1) is 6.61 Å². The molecular formula is C18H20ClNO. The number of rotatable bonds is 3. The van der Waals surface area contributed by atoms with E-state index < -0.39 is 0 Å². The minimum atomic E-state index is 0.265. The molecule has 21 heavy (non-hydrogen) atoms. The van der Waals surface area contributed by atoms with Crippen LogP contribution in [0.1, 0.15) is 37.1 Å². The van der Waals surface area contributed by atoms with Gasteiger partial charge in [0.25, 0.3) is 0 Å². The van der Waals surface area contributed by atoms with E-state index in [4.69, 9.17) is 16.3 Å². The highest BCUT2D eigenvalue weighted by Crippen LogP contribution is 2.36. The molecular weight excluding hydrogens is 282 g/mol. The molecule has 1 N–H and O–H groups in total. The van der Waals surface area contributed by atoms with Crippen LogP contribution in [0.4, 0.5) is 0 Å². The highest BCUT2D eigenvalue weighted by atomic mass is 35.5. The predicted molar refractivity (Wildman–Crippen MR) is 86.8 cm³/mol. The Kier molecular flexibility index (Phi) is 4.18. The average molecular weight is 302 g/mol. The molecule has 3 atom stereocenters. The third kappa shape index (κ3) is 3.07. The van der Waals surface area contributed by atoms with E-state index in [9.17, 15) is 0 Å². The first-order valence-electron chi connectivity index (χ1n) is 7.38. The minimum absolute atomic E-state index is 0.265. The number of fused-ring (bicyclic) bond motifs is 1. The number of para-hydroxylation sites is 1. The van der Waals surface area contributed by atoms with E-state index in [1.165, 1.54) is 11.1 Å². The van der Waals surface area contributed by atoms with Crippen LogP contribution in [0.25, 0.3) is 0 Å². The van der Waals surface area contributed by atoms with E-state index in [-0.39, 0.29) is 6.04 Å². The quantitative estimate of drug-likeness (QED) is 0.882. The summed E-state index contributed by atoms with van der Waals surface area (Å²) in [6.07, 6.45) is 0. The standard InChI is InChI=1S/C18H20ClNO/c1-12-11-21-17-6-4-3-5-16(17)18(12)20-13(2)14-7-9-15(19)10-8-14/h3-10,12-13,18,20H,11H2,1-2H3. The molecule has 0 saturated heterocycles. The van der Waals surface area contributed by atoms with Crippen molar-refractivity contribution in [3.8, 4) is 5.75 Å². The molecule has 0 aromatic heterocycles. The molecule has 110 valence electrons. The van der Waals surface area contributed by atoms with Crippen molar-refractivity contribution in [2.45, 2.75) is 25.9 Å². The van der Waals surface area contributed by atoms with Crippen LogP contribution in [0.15, 0.2) is 48.5 Å². The molecule has 0 aliphatic carbocycles. The molecule has 1 heterocycles. The van der Waals surface area contributed by atoms with Gasteiger partial charge in [-0.05, 0) is 30.7 Å². The van der Waals surface area contributed by atoms with Crippen molar-refractivity contribution < 1.29 is 4.74 Å². The Bertz CT molecular complexity index is 611. The van der Waals surface area contributed by atoms with Gasteiger partial charge in [-0.15, -0.1) is 0 Å². The second-order valence-corrected chi connectivity index (χ2v) is 6.18. The zero-order valence-electron chi connectivity index (χ0n) is 12.3. The number of halogens is 1. The summed E-state index contributed by atoms with van der Waals surface area (Å²) in [6, 6.07) is 16.9. The van der Waals surface area contributed by atoms with Crippen LogP contribution >= 0.6 is 11.6 Å². The van der Waals surface area contributed by atoms with E-state index in [2.05, 4.69) is 43.4 Å². The zero-order chi connectivity index (χ0) is 14.8. The summed E-state index contributed by atoms with van der Waals surface area (Å²) < 4.78 is 5.81. The van der Waals surface area contributed by atoms with Gasteiger partial charge in [0.15, 0.2) is 0 Å². The highest BCUT2D eigenvalue weighted by Gasteiger charge is 2.28. The zero-order valence-corrected chi connectivity index (χ0v) is 13.1. The number of benzene rings is 2. The fraction of sp³-hybridized carbons (Fsp3) is 0.333. The van der Waals surface area contributed by atoms with E-state index >= 15 is 0 Å². The van der Waals surface area contributed by atoms with Crippen LogP contribution in [0.3, 0.4) is 0 Å². The molecule has 0 radical (unpaired) electrons. The lowest BCUT2D eigenvalue weighted by molar-refractivity contribution is 0.182. The topological polar surface area (TPSA) is 21.3 Å². The van der Waals surface area contributed by atoms with E-state index in [0.717, 1.165) is 17.4 Å². The summed E-state index contributed by atoms with van der Waals surface area (Å²) in [5.41, 5.74) is 2.49. The molecule has 2 aromatic carbocycles.